The molecule has 0 aromatic heterocycles. The van der Waals surface area contributed by atoms with Crippen molar-refractivity contribution in [2.45, 2.75) is 63.9 Å². The van der Waals surface area contributed by atoms with Gasteiger partial charge < -0.3 is 10.2 Å². The minimum Gasteiger partial charge on any atom is -0.352 e. The molecule has 0 spiro atoms. The Morgan fingerprint density at radius 2 is 1.60 bits per heavy atom. The Balaban J connectivity index is 2.01. The maximum absolute atomic E-state index is 14.0. The molecule has 7 nitrogen and oxygen atoms in total. The van der Waals surface area contributed by atoms with Crippen molar-refractivity contribution in [2.75, 3.05) is 17.4 Å². The molecule has 214 valence electrons. The van der Waals surface area contributed by atoms with Gasteiger partial charge in [0.2, 0.25) is 11.8 Å². The number of rotatable bonds is 13. The second-order valence-electron chi connectivity index (χ2n) is 9.87. The van der Waals surface area contributed by atoms with Crippen LogP contribution in [0.3, 0.4) is 0 Å². The molecule has 3 aromatic carbocycles. The van der Waals surface area contributed by atoms with Crippen LogP contribution in [0.1, 0.15) is 44.7 Å². The summed E-state index contributed by atoms with van der Waals surface area (Å²) in [5, 5.41) is 3.40. The van der Waals surface area contributed by atoms with Crippen LogP contribution in [0.2, 0.25) is 5.02 Å². The largest absolute Gasteiger partial charge is 0.352 e. The van der Waals surface area contributed by atoms with Crippen molar-refractivity contribution in [2.24, 2.45) is 0 Å². The van der Waals surface area contributed by atoms with Crippen LogP contribution in [0.5, 0.6) is 0 Å². The van der Waals surface area contributed by atoms with Crippen molar-refractivity contribution < 1.29 is 18.0 Å². The minimum atomic E-state index is -4.13. The number of nitrogens with one attached hydrogen (secondary N) is 1. The molecule has 0 saturated carbocycles. The highest BCUT2D eigenvalue weighted by atomic mass is 35.5. The molecule has 1 N–H and O–H groups in total. The summed E-state index contributed by atoms with van der Waals surface area (Å²) in [5.41, 5.74) is 2.23. The third-order valence-corrected chi connectivity index (χ3v) is 8.88. The fourth-order valence-electron chi connectivity index (χ4n) is 4.38. The maximum atomic E-state index is 14.0. The highest BCUT2D eigenvalue weighted by molar-refractivity contribution is 7.92. The number of aryl methyl sites for hydroxylation is 1. The number of sulfonamides is 1. The molecule has 0 fully saturated rings. The molecule has 2 amide bonds. The lowest BCUT2D eigenvalue weighted by molar-refractivity contribution is -0.139. The van der Waals surface area contributed by atoms with Gasteiger partial charge in [-0.3, -0.25) is 13.9 Å². The lowest BCUT2D eigenvalue weighted by Gasteiger charge is -2.33. The van der Waals surface area contributed by atoms with Crippen molar-refractivity contribution in [3.05, 3.63) is 95.0 Å². The average molecular weight is 584 g/mol. The molecule has 0 bridgehead atoms. The van der Waals surface area contributed by atoms with E-state index in [1.165, 1.54) is 29.2 Å². The third kappa shape index (κ3) is 8.08. The second kappa shape index (κ2) is 14.3. The number of amides is 2. The van der Waals surface area contributed by atoms with Crippen LogP contribution < -0.4 is 9.62 Å². The Hall–Kier alpha value is -3.36. The molecular formula is C31H38ClN3O4S. The number of carbonyl (C=O) groups is 2. The average Bonchev–Trinajstić information content (AvgIpc) is 2.94. The number of anilines is 1. The van der Waals surface area contributed by atoms with Gasteiger partial charge in [-0.05, 0) is 80.6 Å². The second-order valence-corrected chi connectivity index (χ2v) is 12.2. The van der Waals surface area contributed by atoms with Crippen LogP contribution >= 0.6 is 11.6 Å². The van der Waals surface area contributed by atoms with Crippen LogP contribution in [-0.2, 0) is 26.0 Å². The molecule has 0 radical (unpaired) electrons. The Kier molecular flexibility index (Phi) is 11.2. The van der Waals surface area contributed by atoms with Gasteiger partial charge in [0.05, 0.1) is 10.6 Å². The van der Waals surface area contributed by atoms with E-state index in [9.17, 15) is 18.0 Å². The number of halogens is 1. The number of nitrogens with zero attached hydrogens (tertiary/aromatic N) is 2. The van der Waals surface area contributed by atoms with Gasteiger partial charge in [0.1, 0.15) is 12.6 Å². The Morgan fingerprint density at radius 1 is 0.925 bits per heavy atom. The van der Waals surface area contributed by atoms with Crippen LogP contribution in [0.15, 0.2) is 83.8 Å². The van der Waals surface area contributed by atoms with Gasteiger partial charge in [-0.15, -0.1) is 0 Å². The van der Waals surface area contributed by atoms with Crippen molar-refractivity contribution in [1.82, 2.24) is 10.2 Å². The summed E-state index contributed by atoms with van der Waals surface area (Å²) < 4.78 is 28.9. The van der Waals surface area contributed by atoms with Gasteiger partial charge in [-0.2, -0.15) is 0 Å². The molecular weight excluding hydrogens is 546 g/mol. The summed E-state index contributed by atoms with van der Waals surface area (Å²) in [4.78, 5) is 28.9. The number of hydrogen-bond acceptors (Lipinski definition) is 4. The van der Waals surface area contributed by atoms with Gasteiger partial charge in [0.25, 0.3) is 10.0 Å². The van der Waals surface area contributed by atoms with Crippen molar-refractivity contribution in [3.8, 4) is 0 Å². The lowest BCUT2D eigenvalue weighted by atomic mass is 10.1. The molecule has 3 rings (SSSR count). The molecule has 3 aromatic rings. The molecule has 0 aliphatic carbocycles. The standard InChI is InChI=1S/C31H38ClN3O4S/c1-5-24(4)33-31(37)29(6-2)34(20-19-25-12-8-7-9-13-25)30(36)22-35(27-14-10-11-23(3)21-27)40(38,39)28-17-15-26(32)16-18-28/h7-18,21,24,29H,5-6,19-20,22H2,1-4H3,(H,33,37)/t24-,29-/m1/s1. The van der Waals surface area contributed by atoms with Gasteiger partial charge in [-0.1, -0.05) is 67.9 Å². The maximum Gasteiger partial charge on any atom is 0.264 e. The SMILES string of the molecule is CC[C@@H](C)NC(=O)[C@@H](CC)N(CCc1ccccc1)C(=O)CN(c1cccc(C)c1)S(=O)(=O)c1ccc(Cl)cc1. The topological polar surface area (TPSA) is 86.8 Å². The summed E-state index contributed by atoms with van der Waals surface area (Å²) in [6.07, 6.45) is 1.66. The molecule has 0 heterocycles. The zero-order valence-electron chi connectivity index (χ0n) is 23.5. The normalized spacial score (nSPS) is 12.8. The summed E-state index contributed by atoms with van der Waals surface area (Å²) in [7, 11) is -4.13. The van der Waals surface area contributed by atoms with E-state index in [1.807, 2.05) is 64.1 Å². The first-order valence-electron chi connectivity index (χ1n) is 13.6. The Morgan fingerprint density at radius 3 is 2.20 bits per heavy atom. The van der Waals surface area contributed by atoms with Crippen LogP contribution in [-0.4, -0.2) is 50.3 Å². The van der Waals surface area contributed by atoms with Gasteiger partial charge in [-0.25, -0.2) is 8.42 Å². The first-order valence-corrected chi connectivity index (χ1v) is 15.4. The quantitative estimate of drug-likeness (QED) is 0.283. The lowest BCUT2D eigenvalue weighted by Crippen LogP contribution is -2.54. The molecule has 9 heteroatoms. The summed E-state index contributed by atoms with van der Waals surface area (Å²) in [6.45, 7) is 7.40. The zero-order chi connectivity index (χ0) is 29.3. The summed E-state index contributed by atoms with van der Waals surface area (Å²) in [5.74, 6) is -0.706. The van der Waals surface area contributed by atoms with E-state index in [2.05, 4.69) is 5.32 Å². The molecule has 0 aliphatic heterocycles. The number of hydrogen-bond donors (Lipinski definition) is 1. The predicted octanol–water partition coefficient (Wildman–Crippen LogP) is 5.61. The van der Waals surface area contributed by atoms with E-state index < -0.39 is 28.5 Å². The Labute approximate surface area is 243 Å². The first-order chi connectivity index (χ1) is 19.1. The summed E-state index contributed by atoms with van der Waals surface area (Å²) in [6, 6.07) is 21.7. The highest BCUT2D eigenvalue weighted by Crippen LogP contribution is 2.26. The van der Waals surface area contributed by atoms with E-state index in [0.717, 1.165) is 21.9 Å². The molecule has 0 aliphatic rings. The van der Waals surface area contributed by atoms with Crippen LogP contribution in [0.25, 0.3) is 0 Å². The molecule has 40 heavy (non-hydrogen) atoms. The number of benzene rings is 3. The molecule has 0 saturated heterocycles. The predicted molar refractivity (Wildman–Crippen MR) is 161 cm³/mol. The van der Waals surface area contributed by atoms with Crippen LogP contribution in [0, 0.1) is 6.92 Å². The van der Waals surface area contributed by atoms with Crippen molar-refractivity contribution in [3.63, 3.8) is 0 Å². The highest BCUT2D eigenvalue weighted by Gasteiger charge is 2.33. The molecule has 2 atom stereocenters. The van der Waals surface area contributed by atoms with E-state index in [4.69, 9.17) is 11.6 Å². The fourth-order valence-corrected chi connectivity index (χ4v) is 5.91. The Bertz CT molecular complexity index is 1380. The number of carbonyl (C=O) groups excluding carboxylic acids is 2. The molecule has 0 unspecified atom stereocenters. The first kappa shape index (κ1) is 31.2. The van der Waals surface area contributed by atoms with Gasteiger partial charge in [0, 0.05) is 17.6 Å². The van der Waals surface area contributed by atoms with E-state index >= 15 is 0 Å². The van der Waals surface area contributed by atoms with E-state index in [0.29, 0.717) is 23.6 Å². The van der Waals surface area contributed by atoms with Crippen LogP contribution in [0.4, 0.5) is 5.69 Å². The van der Waals surface area contributed by atoms with E-state index in [-0.39, 0.29) is 23.4 Å². The van der Waals surface area contributed by atoms with Gasteiger partial charge in [0.15, 0.2) is 0 Å². The monoisotopic (exact) mass is 583 g/mol. The van der Waals surface area contributed by atoms with E-state index in [1.54, 1.807) is 18.2 Å². The third-order valence-electron chi connectivity index (χ3n) is 6.84. The fraction of sp³-hybridized carbons (Fsp3) is 0.355. The van der Waals surface area contributed by atoms with Crippen molar-refractivity contribution >= 4 is 39.1 Å². The summed E-state index contributed by atoms with van der Waals surface area (Å²) >= 11 is 6.01. The van der Waals surface area contributed by atoms with Crippen molar-refractivity contribution in [1.29, 1.82) is 0 Å². The van der Waals surface area contributed by atoms with Gasteiger partial charge >= 0.3 is 0 Å². The minimum absolute atomic E-state index is 0.0172. The smallest absolute Gasteiger partial charge is 0.264 e. The zero-order valence-corrected chi connectivity index (χ0v) is 25.1.